The van der Waals surface area contributed by atoms with Gasteiger partial charge in [-0.3, -0.25) is 4.90 Å². The Balaban J connectivity index is 1.93. The van der Waals surface area contributed by atoms with Gasteiger partial charge in [-0.05, 0) is 29.3 Å². The third kappa shape index (κ3) is 4.74. The number of rotatable bonds is 4. The quantitative estimate of drug-likeness (QED) is 0.804. The minimum atomic E-state index is -4.68. The van der Waals surface area contributed by atoms with Gasteiger partial charge in [0.25, 0.3) is 0 Å². The first-order valence-electron chi connectivity index (χ1n) is 7.99. The van der Waals surface area contributed by atoms with Crippen LogP contribution in [0.5, 0.6) is 5.75 Å². The van der Waals surface area contributed by atoms with Crippen LogP contribution in [0.25, 0.3) is 0 Å². The number of alkyl halides is 3. The van der Waals surface area contributed by atoms with Crippen LogP contribution < -0.4 is 10.1 Å². The Hall–Kier alpha value is -1.57. The molecule has 2 aromatic rings. The van der Waals surface area contributed by atoms with Crippen LogP contribution in [0.4, 0.5) is 13.2 Å². The first-order valence-corrected chi connectivity index (χ1v) is 8.78. The lowest BCUT2D eigenvalue weighted by molar-refractivity contribution is -0.274. The molecule has 1 fully saturated rings. The van der Waals surface area contributed by atoms with E-state index in [1.54, 1.807) is 12.1 Å². The Morgan fingerprint density at radius 3 is 2.24 bits per heavy atom. The van der Waals surface area contributed by atoms with Crippen molar-refractivity contribution in [1.82, 2.24) is 10.2 Å². The maximum atomic E-state index is 12.4. The molecule has 134 valence electrons. The van der Waals surface area contributed by atoms with Crippen molar-refractivity contribution in [3.8, 4) is 5.75 Å². The van der Waals surface area contributed by atoms with Crippen molar-refractivity contribution >= 4 is 15.9 Å². The van der Waals surface area contributed by atoms with Gasteiger partial charge < -0.3 is 10.1 Å². The first-order chi connectivity index (χ1) is 11.9. The van der Waals surface area contributed by atoms with Gasteiger partial charge in [0.05, 0.1) is 6.04 Å². The Bertz CT molecular complexity index is 700. The second-order valence-corrected chi connectivity index (χ2v) is 6.68. The Morgan fingerprint density at radius 2 is 1.64 bits per heavy atom. The number of halogens is 4. The maximum Gasteiger partial charge on any atom is 0.573 e. The van der Waals surface area contributed by atoms with Crippen LogP contribution in [0.1, 0.15) is 17.2 Å². The lowest BCUT2D eigenvalue weighted by Crippen LogP contribution is -2.45. The number of hydrogen-bond acceptors (Lipinski definition) is 3. The maximum absolute atomic E-state index is 12.4. The van der Waals surface area contributed by atoms with Gasteiger partial charge in [0, 0.05) is 30.7 Å². The van der Waals surface area contributed by atoms with Gasteiger partial charge >= 0.3 is 6.36 Å². The normalized spacial score (nSPS) is 17.3. The van der Waals surface area contributed by atoms with E-state index in [1.807, 2.05) is 24.3 Å². The lowest BCUT2D eigenvalue weighted by atomic mass is 9.96. The molecule has 1 N–H and O–H groups in total. The van der Waals surface area contributed by atoms with Crippen LogP contribution in [0, 0.1) is 0 Å². The minimum absolute atomic E-state index is 0.0300. The van der Waals surface area contributed by atoms with Crippen LogP contribution in [0.2, 0.25) is 0 Å². The highest BCUT2D eigenvalue weighted by Gasteiger charge is 2.31. The molecular weight excluding hydrogens is 397 g/mol. The molecule has 3 rings (SSSR count). The molecule has 1 saturated heterocycles. The van der Waals surface area contributed by atoms with Gasteiger partial charge in [-0.2, -0.15) is 0 Å². The first kappa shape index (κ1) is 18.2. The number of hydrogen-bond donors (Lipinski definition) is 1. The fourth-order valence-corrected chi connectivity index (χ4v) is 3.58. The monoisotopic (exact) mass is 414 g/mol. The fraction of sp³-hybridized carbons (Fsp3) is 0.333. The Morgan fingerprint density at radius 1 is 1.00 bits per heavy atom. The summed E-state index contributed by atoms with van der Waals surface area (Å²) in [4.78, 5) is 2.33. The molecule has 0 spiro atoms. The summed E-state index contributed by atoms with van der Waals surface area (Å²) < 4.78 is 42.1. The number of piperazine rings is 1. The van der Waals surface area contributed by atoms with Gasteiger partial charge in [-0.15, -0.1) is 13.2 Å². The van der Waals surface area contributed by atoms with E-state index in [-0.39, 0.29) is 11.8 Å². The second kappa shape index (κ2) is 7.76. The van der Waals surface area contributed by atoms with Crippen LogP contribution in [-0.2, 0) is 0 Å². The predicted molar refractivity (Wildman–Crippen MR) is 93.6 cm³/mol. The molecule has 2 aromatic carbocycles. The fourth-order valence-electron chi connectivity index (χ4n) is 3.08. The van der Waals surface area contributed by atoms with Gasteiger partial charge in [0.1, 0.15) is 5.75 Å². The molecule has 0 unspecified atom stereocenters. The molecule has 3 nitrogen and oxygen atoms in total. The second-order valence-electron chi connectivity index (χ2n) is 5.83. The van der Waals surface area contributed by atoms with E-state index in [1.165, 1.54) is 12.1 Å². The van der Waals surface area contributed by atoms with Crippen molar-refractivity contribution in [2.24, 2.45) is 0 Å². The summed E-state index contributed by atoms with van der Waals surface area (Å²) in [7, 11) is 0. The van der Waals surface area contributed by atoms with E-state index in [0.717, 1.165) is 41.8 Å². The van der Waals surface area contributed by atoms with Crippen molar-refractivity contribution in [2.45, 2.75) is 12.4 Å². The molecule has 0 aliphatic carbocycles. The lowest BCUT2D eigenvalue weighted by Gasteiger charge is -2.36. The Kier molecular flexibility index (Phi) is 5.66. The summed E-state index contributed by atoms with van der Waals surface area (Å²) in [6.45, 7) is 3.51. The van der Waals surface area contributed by atoms with Crippen molar-refractivity contribution in [3.05, 3.63) is 64.1 Å². The van der Waals surface area contributed by atoms with E-state index >= 15 is 0 Å². The summed E-state index contributed by atoms with van der Waals surface area (Å²) in [6, 6.07) is 14.0. The molecule has 0 aromatic heterocycles. The molecule has 0 radical (unpaired) electrons. The topological polar surface area (TPSA) is 24.5 Å². The number of ether oxygens (including phenoxy) is 1. The van der Waals surface area contributed by atoms with Crippen LogP contribution in [-0.4, -0.2) is 37.4 Å². The largest absolute Gasteiger partial charge is 0.573 e. The number of nitrogens with zero attached hydrogens (tertiary/aromatic N) is 1. The molecule has 25 heavy (non-hydrogen) atoms. The highest BCUT2D eigenvalue weighted by molar-refractivity contribution is 9.10. The van der Waals surface area contributed by atoms with Gasteiger partial charge in [-0.25, -0.2) is 0 Å². The summed E-state index contributed by atoms with van der Waals surface area (Å²) in [5.41, 5.74) is 2.03. The van der Waals surface area contributed by atoms with E-state index in [0.29, 0.717) is 0 Å². The van der Waals surface area contributed by atoms with Crippen molar-refractivity contribution in [2.75, 3.05) is 26.2 Å². The zero-order valence-corrected chi connectivity index (χ0v) is 15.0. The van der Waals surface area contributed by atoms with Gasteiger partial charge in [-0.1, -0.05) is 46.3 Å². The average molecular weight is 415 g/mol. The third-order valence-corrected chi connectivity index (χ3v) is 4.87. The zero-order valence-electron chi connectivity index (χ0n) is 13.4. The van der Waals surface area contributed by atoms with E-state index in [4.69, 9.17) is 0 Å². The van der Waals surface area contributed by atoms with Gasteiger partial charge in [0.2, 0.25) is 0 Å². The summed E-state index contributed by atoms with van der Waals surface area (Å²) in [6.07, 6.45) is -4.68. The SMILES string of the molecule is FC(F)(F)Oc1ccc([C@H](c2ccccc2Br)N2CCNCC2)cc1. The highest BCUT2D eigenvalue weighted by atomic mass is 79.9. The molecule has 1 aliphatic heterocycles. The highest BCUT2D eigenvalue weighted by Crippen LogP contribution is 2.35. The summed E-state index contributed by atoms with van der Waals surface area (Å²) in [5.74, 6) is -0.206. The summed E-state index contributed by atoms with van der Waals surface area (Å²) in [5, 5.41) is 3.32. The minimum Gasteiger partial charge on any atom is -0.406 e. The van der Waals surface area contributed by atoms with Crippen molar-refractivity contribution in [3.63, 3.8) is 0 Å². The average Bonchev–Trinajstić information content (AvgIpc) is 2.58. The zero-order chi connectivity index (χ0) is 17.9. The van der Waals surface area contributed by atoms with E-state index < -0.39 is 6.36 Å². The molecule has 0 bridgehead atoms. The van der Waals surface area contributed by atoms with Crippen molar-refractivity contribution in [1.29, 1.82) is 0 Å². The summed E-state index contributed by atoms with van der Waals surface area (Å²) >= 11 is 3.60. The predicted octanol–water partition coefficient (Wildman–Crippen LogP) is 4.34. The molecule has 7 heteroatoms. The third-order valence-electron chi connectivity index (χ3n) is 4.15. The number of benzene rings is 2. The smallest absolute Gasteiger partial charge is 0.406 e. The van der Waals surface area contributed by atoms with E-state index in [2.05, 4.69) is 30.9 Å². The van der Waals surface area contributed by atoms with Crippen LogP contribution in [0.3, 0.4) is 0 Å². The molecule has 0 saturated carbocycles. The molecular formula is C18H18BrF3N2O. The molecule has 0 amide bonds. The van der Waals surface area contributed by atoms with Crippen LogP contribution >= 0.6 is 15.9 Å². The number of nitrogens with one attached hydrogen (secondary N) is 1. The van der Waals surface area contributed by atoms with E-state index in [9.17, 15) is 13.2 Å². The Labute approximate surface area is 152 Å². The van der Waals surface area contributed by atoms with Crippen molar-refractivity contribution < 1.29 is 17.9 Å². The standard InChI is InChI=1S/C18H18BrF3N2O/c19-16-4-2-1-3-15(16)17(24-11-9-23-10-12-24)13-5-7-14(8-6-13)25-18(20,21)22/h1-8,17,23H,9-12H2/t17-/m1/s1. The molecule has 1 aliphatic rings. The van der Waals surface area contributed by atoms with Crippen LogP contribution in [0.15, 0.2) is 53.0 Å². The van der Waals surface area contributed by atoms with Gasteiger partial charge in [0.15, 0.2) is 0 Å². The molecule has 1 heterocycles. The molecule has 1 atom stereocenters.